The quantitative estimate of drug-likeness (QED) is 0.816. The molecule has 20 heavy (non-hydrogen) atoms. The molecule has 1 fully saturated rings. The minimum absolute atomic E-state index is 0.112. The fourth-order valence-electron chi connectivity index (χ4n) is 2.27. The number of carbonyl (C=O) groups is 1. The van der Waals surface area contributed by atoms with Crippen molar-refractivity contribution in [3.8, 4) is 0 Å². The third kappa shape index (κ3) is 4.37. The molecule has 5 nitrogen and oxygen atoms in total. The number of ether oxygens (including phenoxy) is 1. The zero-order valence-electron chi connectivity index (χ0n) is 11.6. The van der Waals surface area contributed by atoms with Gasteiger partial charge in [-0.05, 0) is 38.1 Å². The summed E-state index contributed by atoms with van der Waals surface area (Å²) < 4.78 is 5.55. The lowest BCUT2D eigenvalue weighted by Gasteiger charge is -2.20. The normalized spacial score (nSPS) is 18.4. The molecule has 1 aliphatic rings. The fraction of sp³-hybridized carbons (Fsp3) is 0.500. The lowest BCUT2D eigenvalue weighted by molar-refractivity contribution is -0.117. The van der Waals surface area contributed by atoms with E-state index in [1.807, 2.05) is 11.9 Å². The number of likely N-dealkylation sites (N-methyl/N-ethyl adjacent to an activating group) is 1. The first-order valence-electron chi connectivity index (χ1n) is 6.69. The smallest absolute Gasteiger partial charge is 0.238 e. The van der Waals surface area contributed by atoms with Crippen molar-refractivity contribution in [3.05, 3.63) is 23.2 Å². The maximum atomic E-state index is 12.0. The number of amides is 1. The van der Waals surface area contributed by atoms with Gasteiger partial charge < -0.3 is 15.8 Å². The molecule has 1 aliphatic heterocycles. The summed E-state index contributed by atoms with van der Waals surface area (Å²) in [4.78, 5) is 13.9. The highest BCUT2D eigenvalue weighted by Crippen LogP contribution is 2.22. The van der Waals surface area contributed by atoms with E-state index in [4.69, 9.17) is 22.1 Å². The molecule has 6 heteroatoms. The van der Waals surface area contributed by atoms with Crippen LogP contribution in [0.1, 0.15) is 12.8 Å². The van der Waals surface area contributed by atoms with Crippen LogP contribution in [0.15, 0.2) is 18.2 Å². The Morgan fingerprint density at radius 2 is 2.40 bits per heavy atom. The Bertz CT molecular complexity index is 475. The van der Waals surface area contributed by atoms with Crippen LogP contribution in [-0.2, 0) is 9.53 Å². The van der Waals surface area contributed by atoms with Gasteiger partial charge in [0.2, 0.25) is 5.91 Å². The third-order valence-electron chi connectivity index (χ3n) is 3.24. The molecule has 1 aromatic rings. The molecule has 1 amide bonds. The molecule has 0 spiro atoms. The van der Waals surface area contributed by atoms with Crippen molar-refractivity contribution in [1.82, 2.24) is 4.90 Å². The zero-order chi connectivity index (χ0) is 14.5. The summed E-state index contributed by atoms with van der Waals surface area (Å²) >= 11 is 5.89. The molecule has 1 heterocycles. The highest BCUT2D eigenvalue weighted by atomic mass is 35.5. The molecule has 0 aliphatic carbocycles. The standard InChI is InChI=1S/C14H20ClN3O2/c1-18(8-11-3-2-6-20-11)9-14(19)17-13-7-10(15)4-5-12(13)16/h4-5,7,11H,2-3,6,8-9,16H2,1H3,(H,17,19). The van der Waals surface area contributed by atoms with Gasteiger partial charge in [-0.2, -0.15) is 0 Å². The number of carbonyl (C=O) groups excluding carboxylic acids is 1. The molecule has 3 N–H and O–H groups in total. The van der Waals surface area contributed by atoms with Crippen LogP contribution in [0.2, 0.25) is 5.02 Å². The van der Waals surface area contributed by atoms with Gasteiger partial charge in [0.05, 0.1) is 24.0 Å². The maximum absolute atomic E-state index is 12.0. The van der Waals surface area contributed by atoms with Crippen molar-refractivity contribution in [2.24, 2.45) is 0 Å². The lowest BCUT2D eigenvalue weighted by Crippen LogP contribution is -2.35. The van der Waals surface area contributed by atoms with Crippen molar-refractivity contribution in [3.63, 3.8) is 0 Å². The summed E-state index contributed by atoms with van der Waals surface area (Å²) in [6.07, 6.45) is 2.40. The van der Waals surface area contributed by atoms with Crippen molar-refractivity contribution in [2.75, 3.05) is 37.8 Å². The van der Waals surface area contributed by atoms with Crippen LogP contribution >= 0.6 is 11.6 Å². The highest BCUT2D eigenvalue weighted by molar-refractivity contribution is 6.31. The first kappa shape index (κ1) is 15.1. The Morgan fingerprint density at radius 1 is 1.60 bits per heavy atom. The number of hydrogen-bond donors (Lipinski definition) is 2. The maximum Gasteiger partial charge on any atom is 0.238 e. The van der Waals surface area contributed by atoms with E-state index in [9.17, 15) is 4.79 Å². The second-order valence-corrected chi connectivity index (χ2v) is 5.55. The monoisotopic (exact) mass is 297 g/mol. The van der Waals surface area contributed by atoms with Gasteiger partial charge in [0.25, 0.3) is 0 Å². The molecule has 0 bridgehead atoms. The van der Waals surface area contributed by atoms with Crippen molar-refractivity contribution >= 4 is 28.9 Å². The summed E-state index contributed by atoms with van der Waals surface area (Å²) in [6, 6.07) is 5.01. The molecular weight excluding hydrogens is 278 g/mol. The van der Waals surface area contributed by atoms with Crippen molar-refractivity contribution < 1.29 is 9.53 Å². The van der Waals surface area contributed by atoms with E-state index < -0.39 is 0 Å². The number of benzene rings is 1. The summed E-state index contributed by atoms with van der Waals surface area (Å²) in [7, 11) is 1.91. The third-order valence-corrected chi connectivity index (χ3v) is 3.48. The Kier molecular flexibility index (Phi) is 5.23. The van der Waals surface area contributed by atoms with E-state index in [0.29, 0.717) is 22.9 Å². The molecule has 1 saturated heterocycles. The molecule has 1 atom stereocenters. The predicted octanol–water partition coefficient (Wildman–Crippen LogP) is 1.97. The lowest BCUT2D eigenvalue weighted by atomic mass is 10.2. The Balaban J connectivity index is 1.83. The van der Waals surface area contributed by atoms with Crippen molar-refractivity contribution in [2.45, 2.75) is 18.9 Å². The van der Waals surface area contributed by atoms with Crippen LogP contribution < -0.4 is 11.1 Å². The van der Waals surface area contributed by atoms with Gasteiger partial charge in [0.15, 0.2) is 0 Å². The van der Waals surface area contributed by atoms with Gasteiger partial charge in [-0.3, -0.25) is 9.69 Å². The Hall–Kier alpha value is -1.30. The number of nitrogens with zero attached hydrogens (tertiary/aromatic N) is 1. The zero-order valence-corrected chi connectivity index (χ0v) is 12.3. The van der Waals surface area contributed by atoms with E-state index in [-0.39, 0.29) is 12.0 Å². The van der Waals surface area contributed by atoms with Crippen LogP contribution in [0.3, 0.4) is 0 Å². The molecule has 0 radical (unpaired) electrons. The summed E-state index contributed by atoms with van der Waals surface area (Å²) in [5, 5.41) is 3.32. The highest BCUT2D eigenvalue weighted by Gasteiger charge is 2.18. The SMILES string of the molecule is CN(CC(=O)Nc1cc(Cl)ccc1N)CC1CCCO1. The molecule has 110 valence electrons. The number of anilines is 2. The van der Waals surface area contributed by atoms with Gasteiger partial charge in [-0.1, -0.05) is 11.6 Å². The average Bonchev–Trinajstić information content (AvgIpc) is 2.86. The molecule has 2 rings (SSSR count). The van der Waals surface area contributed by atoms with E-state index in [0.717, 1.165) is 26.0 Å². The molecular formula is C14H20ClN3O2. The molecule has 1 aromatic carbocycles. The Labute approximate surface area is 124 Å². The van der Waals surface area contributed by atoms with E-state index in [2.05, 4.69) is 5.32 Å². The fourth-order valence-corrected chi connectivity index (χ4v) is 2.44. The van der Waals surface area contributed by atoms with Crippen LogP contribution in [0.5, 0.6) is 0 Å². The first-order valence-corrected chi connectivity index (χ1v) is 7.07. The Morgan fingerprint density at radius 3 is 3.10 bits per heavy atom. The average molecular weight is 298 g/mol. The summed E-state index contributed by atoms with van der Waals surface area (Å²) in [6.45, 7) is 1.88. The number of nitrogens with two attached hydrogens (primary N) is 1. The molecule has 0 aromatic heterocycles. The van der Waals surface area contributed by atoms with Crippen LogP contribution in [0.4, 0.5) is 11.4 Å². The predicted molar refractivity (Wildman–Crippen MR) is 81.0 cm³/mol. The van der Waals surface area contributed by atoms with E-state index >= 15 is 0 Å². The second kappa shape index (κ2) is 6.92. The number of hydrogen-bond acceptors (Lipinski definition) is 4. The largest absolute Gasteiger partial charge is 0.397 e. The van der Waals surface area contributed by atoms with Crippen LogP contribution in [-0.4, -0.2) is 43.7 Å². The minimum atomic E-state index is -0.112. The van der Waals surface area contributed by atoms with Gasteiger partial charge in [0, 0.05) is 18.2 Å². The first-order chi connectivity index (χ1) is 9.54. The summed E-state index contributed by atoms with van der Waals surface area (Å²) in [5.74, 6) is -0.112. The van der Waals surface area contributed by atoms with Crippen molar-refractivity contribution in [1.29, 1.82) is 0 Å². The molecule has 0 saturated carbocycles. The van der Waals surface area contributed by atoms with Gasteiger partial charge in [-0.15, -0.1) is 0 Å². The van der Waals surface area contributed by atoms with E-state index in [1.165, 1.54) is 0 Å². The number of halogens is 1. The topological polar surface area (TPSA) is 67.6 Å². The number of nitrogens with one attached hydrogen (secondary N) is 1. The van der Waals surface area contributed by atoms with Crippen LogP contribution in [0.25, 0.3) is 0 Å². The van der Waals surface area contributed by atoms with Gasteiger partial charge in [-0.25, -0.2) is 0 Å². The van der Waals surface area contributed by atoms with Gasteiger partial charge >= 0.3 is 0 Å². The van der Waals surface area contributed by atoms with Gasteiger partial charge in [0.1, 0.15) is 0 Å². The minimum Gasteiger partial charge on any atom is -0.397 e. The second-order valence-electron chi connectivity index (χ2n) is 5.11. The summed E-state index contributed by atoms with van der Waals surface area (Å²) in [5.41, 5.74) is 6.85. The number of nitrogen functional groups attached to an aromatic ring is 1. The van der Waals surface area contributed by atoms with E-state index in [1.54, 1.807) is 18.2 Å². The number of rotatable bonds is 5. The van der Waals surface area contributed by atoms with Crippen LogP contribution in [0, 0.1) is 0 Å². The molecule has 1 unspecified atom stereocenters.